The number of amides is 1. The van der Waals surface area contributed by atoms with Gasteiger partial charge >= 0.3 is 0 Å². The van der Waals surface area contributed by atoms with Crippen LogP contribution in [0.15, 0.2) is 103 Å². The summed E-state index contributed by atoms with van der Waals surface area (Å²) in [5.41, 5.74) is 2.97. The number of benzene rings is 4. The number of carbonyl (C=O) groups is 2. The van der Waals surface area contributed by atoms with Crippen LogP contribution < -0.4 is 9.64 Å². The Morgan fingerprint density at radius 2 is 1.41 bits per heavy atom. The molecule has 0 radical (unpaired) electrons. The molecule has 4 nitrogen and oxygen atoms in total. The van der Waals surface area contributed by atoms with Gasteiger partial charge in [0.2, 0.25) is 5.91 Å². The molecular weight excluding hydrogens is 472 g/mol. The van der Waals surface area contributed by atoms with Gasteiger partial charge in [-0.1, -0.05) is 42.5 Å². The van der Waals surface area contributed by atoms with Crippen LogP contribution in [0.2, 0.25) is 0 Å². The zero-order valence-electron chi connectivity index (χ0n) is 20.0. The van der Waals surface area contributed by atoms with Gasteiger partial charge in [-0.2, -0.15) is 0 Å². The van der Waals surface area contributed by atoms with Crippen molar-refractivity contribution in [2.45, 2.75) is 25.5 Å². The molecule has 37 heavy (non-hydrogen) atoms. The first-order valence-electron chi connectivity index (χ1n) is 12.1. The van der Waals surface area contributed by atoms with Gasteiger partial charge < -0.3 is 9.64 Å². The van der Waals surface area contributed by atoms with E-state index in [-0.39, 0.29) is 30.0 Å². The van der Waals surface area contributed by atoms with E-state index >= 15 is 0 Å². The highest BCUT2D eigenvalue weighted by Crippen LogP contribution is 2.46. The molecule has 0 N–H and O–H groups in total. The van der Waals surface area contributed by atoms with Crippen molar-refractivity contribution in [3.63, 3.8) is 0 Å². The van der Waals surface area contributed by atoms with E-state index in [4.69, 9.17) is 4.74 Å². The Morgan fingerprint density at radius 1 is 0.784 bits per heavy atom. The van der Waals surface area contributed by atoms with Crippen LogP contribution in [0.4, 0.5) is 14.5 Å². The first kappa shape index (κ1) is 24.4. The molecule has 0 bridgehead atoms. The Bertz CT molecular complexity index is 1370. The average Bonchev–Trinajstić information content (AvgIpc) is 2.93. The zero-order chi connectivity index (χ0) is 25.8. The lowest BCUT2D eigenvalue weighted by Gasteiger charge is -2.47. The maximum atomic E-state index is 13.5. The fourth-order valence-corrected chi connectivity index (χ4v) is 4.67. The number of nitrogens with zero attached hydrogens (tertiary/aromatic N) is 1. The van der Waals surface area contributed by atoms with Crippen LogP contribution >= 0.6 is 0 Å². The Labute approximate surface area is 214 Å². The van der Waals surface area contributed by atoms with E-state index < -0.39 is 11.7 Å². The van der Waals surface area contributed by atoms with Crippen molar-refractivity contribution in [2.75, 3.05) is 4.90 Å². The van der Waals surface area contributed by atoms with E-state index in [0.29, 0.717) is 30.0 Å². The van der Waals surface area contributed by atoms with Crippen molar-refractivity contribution in [3.8, 4) is 5.75 Å². The highest BCUT2D eigenvalue weighted by Gasteiger charge is 2.48. The van der Waals surface area contributed by atoms with Crippen molar-refractivity contribution in [1.82, 2.24) is 0 Å². The molecule has 1 unspecified atom stereocenters. The molecule has 1 aliphatic rings. The van der Waals surface area contributed by atoms with Crippen LogP contribution in [0.25, 0.3) is 0 Å². The summed E-state index contributed by atoms with van der Waals surface area (Å²) >= 11 is 0. The summed E-state index contributed by atoms with van der Waals surface area (Å²) in [7, 11) is 0. The molecule has 6 heteroatoms. The standard InChI is InChI=1S/C31H25F2NO3/c32-24-10-6-22(7-11-24)29(35)19-18-28-30(34(31(28)36)26-14-12-25(33)13-15-26)23-8-16-27(17-9-23)37-20-21-4-2-1-3-5-21/h1-17,28,30H,18-20H2/t28-,30?/m1/s1. The minimum atomic E-state index is -0.412. The molecule has 0 spiro atoms. The number of hydrogen-bond acceptors (Lipinski definition) is 3. The SMILES string of the molecule is O=C(CC[C@H]1C(=O)N(c2ccc(F)cc2)C1c1ccc(OCc2ccccc2)cc1)c1ccc(F)cc1. The second-order valence-corrected chi connectivity index (χ2v) is 9.05. The van der Waals surface area contributed by atoms with Crippen LogP contribution in [-0.4, -0.2) is 11.7 Å². The maximum Gasteiger partial charge on any atom is 0.233 e. The van der Waals surface area contributed by atoms with Gasteiger partial charge in [0.15, 0.2) is 5.78 Å². The van der Waals surface area contributed by atoms with Gasteiger partial charge in [-0.15, -0.1) is 0 Å². The Hall–Kier alpha value is -4.32. The predicted octanol–water partition coefficient (Wildman–Crippen LogP) is 6.91. The quantitative estimate of drug-likeness (QED) is 0.186. The number of halogens is 2. The van der Waals surface area contributed by atoms with Crippen molar-refractivity contribution in [3.05, 3.63) is 131 Å². The maximum absolute atomic E-state index is 13.5. The van der Waals surface area contributed by atoms with E-state index in [9.17, 15) is 18.4 Å². The molecular formula is C31H25F2NO3. The Balaban J connectivity index is 1.33. The first-order chi connectivity index (χ1) is 18.0. The molecule has 2 atom stereocenters. The summed E-state index contributed by atoms with van der Waals surface area (Å²) in [6.45, 7) is 0.442. The topological polar surface area (TPSA) is 46.6 Å². The molecule has 5 rings (SSSR count). The van der Waals surface area contributed by atoms with E-state index in [0.717, 1.165) is 11.1 Å². The highest BCUT2D eigenvalue weighted by atomic mass is 19.1. The van der Waals surface area contributed by atoms with Gasteiger partial charge in [-0.3, -0.25) is 9.59 Å². The fraction of sp³-hybridized carbons (Fsp3) is 0.161. The molecule has 0 saturated carbocycles. The smallest absolute Gasteiger partial charge is 0.233 e. The number of rotatable bonds is 9. The third-order valence-corrected chi connectivity index (χ3v) is 6.64. The molecule has 1 saturated heterocycles. The summed E-state index contributed by atoms with van der Waals surface area (Å²) in [4.78, 5) is 27.5. The van der Waals surface area contributed by atoms with Gasteiger partial charge in [-0.05, 0) is 78.2 Å². The van der Waals surface area contributed by atoms with Gasteiger partial charge in [0.1, 0.15) is 24.0 Å². The Morgan fingerprint density at radius 3 is 2.05 bits per heavy atom. The zero-order valence-corrected chi connectivity index (χ0v) is 20.0. The molecule has 1 fully saturated rings. The summed E-state index contributed by atoms with van der Waals surface area (Å²) in [5.74, 6) is -0.754. The summed E-state index contributed by atoms with van der Waals surface area (Å²) < 4.78 is 32.6. The number of anilines is 1. The number of hydrogen-bond donors (Lipinski definition) is 0. The number of Topliss-reactive ketones (excluding diaryl/α,β-unsaturated/α-hetero) is 1. The van der Waals surface area contributed by atoms with E-state index in [1.54, 1.807) is 17.0 Å². The number of β-lactam (4-membered cyclic amide) rings is 1. The number of carbonyl (C=O) groups excluding carboxylic acids is 2. The third kappa shape index (κ3) is 5.43. The molecule has 4 aromatic carbocycles. The minimum absolute atomic E-state index is 0.118. The molecule has 1 heterocycles. The number of ketones is 1. The van der Waals surface area contributed by atoms with Gasteiger partial charge in [0.05, 0.1) is 12.0 Å². The first-order valence-corrected chi connectivity index (χ1v) is 12.1. The lowest BCUT2D eigenvalue weighted by atomic mass is 9.78. The van der Waals surface area contributed by atoms with Crippen LogP contribution in [0.5, 0.6) is 5.75 Å². The van der Waals surface area contributed by atoms with E-state index in [1.807, 2.05) is 54.6 Å². The van der Waals surface area contributed by atoms with Crippen molar-refractivity contribution in [1.29, 1.82) is 0 Å². The highest BCUT2D eigenvalue weighted by molar-refractivity contribution is 6.04. The predicted molar refractivity (Wildman–Crippen MR) is 137 cm³/mol. The van der Waals surface area contributed by atoms with Crippen molar-refractivity contribution < 1.29 is 23.1 Å². The second-order valence-electron chi connectivity index (χ2n) is 9.05. The van der Waals surface area contributed by atoms with Gasteiger partial charge in [0, 0.05) is 17.7 Å². The minimum Gasteiger partial charge on any atom is -0.489 e. The van der Waals surface area contributed by atoms with Crippen LogP contribution in [-0.2, 0) is 11.4 Å². The van der Waals surface area contributed by atoms with E-state index in [1.165, 1.54) is 36.4 Å². The second kappa shape index (κ2) is 10.7. The van der Waals surface area contributed by atoms with Crippen LogP contribution in [0, 0.1) is 17.6 Å². The summed E-state index contributed by atoms with van der Waals surface area (Å²) in [6.07, 6.45) is 0.512. The Kier molecular flexibility index (Phi) is 7.08. The van der Waals surface area contributed by atoms with Crippen molar-refractivity contribution in [2.24, 2.45) is 5.92 Å². The van der Waals surface area contributed by atoms with Gasteiger partial charge in [0.25, 0.3) is 0 Å². The third-order valence-electron chi connectivity index (χ3n) is 6.64. The lowest BCUT2D eigenvalue weighted by Crippen LogP contribution is -2.55. The molecule has 1 aliphatic heterocycles. The fourth-order valence-electron chi connectivity index (χ4n) is 4.67. The number of ether oxygens (including phenoxy) is 1. The van der Waals surface area contributed by atoms with Crippen LogP contribution in [0.1, 0.15) is 40.4 Å². The molecule has 4 aromatic rings. The monoisotopic (exact) mass is 497 g/mol. The molecule has 0 aliphatic carbocycles. The van der Waals surface area contributed by atoms with Gasteiger partial charge in [-0.25, -0.2) is 8.78 Å². The van der Waals surface area contributed by atoms with Crippen LogP contribution in [0.3, 0.4) is 0 Å². The largest absolute Gasteiger partial charge is 0.489 e. The van der Waals surface area contributed by atoms with Crippen molar-refractivity contribution >= 4 is 17.4 Å². The molecule has 186 valence electrons. The van der Waals surface area contributed by atoms with E-state index in [2.05, 4.69) is 0 Å². The normalized spacial score (nSPS) is 16.8. The molecule has 0 aromatic heterocycles. The average molecular weight is 498 g/mol. The summed E-state index contributed by atoms with van der Waals surface area (Å²) in [5, 5.41) is 0. The lowest BCUT2D eigenvalue weighted by molar-refractivity contribution is -0.130. The summed E-state index contributed by atoms with van der Waals surface area (Å²) in [6, 6.07) is 28.3. The molecule has 1 amide bonds.